The molecular weight excluding hydrogens is 272 g/mol. The molecule has 0 saturated carbocycles. The summed E-state index contributed by atoms with van der Waals surface area (Å²) in [5, 5.41) is 17.5. The molecule has 1 unspecified atom stereocenters. The number of aromatic nitrogens is 4. The van der Waals surface area contributed by atoms with Gasteiger partial charge in [0.2, 0.25) is 0 Å². The average Bonchev–Trinajstić information content (AvgIpc) is 3.11. The summed E-state index contributed by atoms with van der Waals surface area (Å²) in [6.45, 7) is 1.06. The fourth-order valence-electron chi connectivity index (χ4n) is 2.55. The second-order valence-corrected chi connectivity index (χ2v) is 5.19. The zero-order chi connectivity index (χ0) is 14.7. The molecule has 110 valence electrons. The lowest BCUT2D eigenvalue weighted by molar-refractivity contribution is -0.160. The molecule has 0 bridgehead atoms. The van der Waals surface area contributed by atoms with E-state index in [4.69, 9.17) is 4.74 Å². The van der Waals surface area contributed by atoms with Crippen LogP contribution in [0.2, 0.25) is 0 Å². The first kappa shape index (κ1) is 13.7. The van der Waals surface area contributed by atoms with Gasteiger partial charge in [0.15, 0.2) is 5.60 Å². The third kappa shape index (κ3) is 2.92. The molecule has 2 aromatic heterocycles. The van der Waals surface area contributed by atoms with Crippen molar-refractivity contribution in [1.29, 1.82) is 0 Å². The van der Waals surface area contributed by atoms with E-state index in [2.05, 4.69) is 15.3 Å². The lowest BCUT2D eigenvalue weighted by Crippen LogP contribution is -2.40. The molecule has 3 heterocycles. The predicted molar refractivity (Wildman–Crippen MR) is 72.6 cm³/mol. The number of carboxylic acids is 1. The van der Waals surface area contributed by atoms with E-state index in [1.807, 2.05) is 12.1 Å². The number of nitrogens with zero attached hydrogens (tertiary/aromatic N) is 4. The zero-order valence-corrected chi connectivity index (χ0v) is 11.5. The van der Waals surface area contributed by atoms with Crippen LogP contribution in [0.3, 0.4) is 0 Å². The van der Waals surface area contributed by atoms with Gasteiger partial charge in [-0.25, -0.2) is 9.48 Å². The van der Waals surface area contributed by atoms with Gasteiger partial charge in [-0.1, -0.05) is 5.21 Å². The normalized spacial score (nSPS) is 21.5. The number of carbonyl (C=O) groups is 1. The topological polar surface area (TPSA) is 90.1 Å². The molecule has 0 aliphatic carbocycles. The molecule has 3 rings (SSSR count). The minimum atomic E-state index is -1.14. The Morgan fingerprint density at radius 3 is 2.90 bits per heavy atom. The first-order valence-electron chi connectivity index (χ1n) is 6.83. The van der Waals surface area contributed by atoms with E-state index < -0.39 is 11.6 Å². The number of pyridine rings is 1. The van der Waals surface area contributed by atoms with Gasteiger partial charge >= 0.3 is 5.97 Å². The van der Waals surface area contributed by atoms with Crippen LogP contribution in [-0.4, -0.2) is 43.3 Å². The summed E-state index contributed by atoms with van der Waals surface area (Å²) in [6.07, 6.45) is 6.74. The van der Waals surface area contributed by atoms with Crippen LogP contribution in [0.5, 0.6) is 0 Å². The van der Waals surface area contributed by atoms with E-state index in [0.717, 1.165) is 12.0 Å². The Balaban J connectivity index is 1.72. The van der Waals surface area contributed by atoms with Gasteiger partial charge in [-0.15, -0.1) is 5.10 Å². The molecule has 1 fully saturated rings. The van der Waals surface area contributed by atoms with Crippen molar-refractivity contribution < 1.29 is 14.6 Å². The van der Waals surface area contributed by atoms with Crippen LogP contribution in [0.25, 0.3) is 0 Å². The van der Waals surface area contributed by atoms with Gasteiger partial charge in [0.1, 0.15) is 0 Å². The number of carboxylic acid groups (broad SMARTS) is 1. The molecule has 7 nitrogen and oxygen atoms in total. The van der Waals surface area contributed by atoms with Crippen LogP contribution in [0, 0.1) is 0 Å². The number of rotatable bonds is 5. The standard InChI is InChI=1S/C14H16N4O3/c19-13(20)14(4-1-7-21-14)8-12-10-18(17-16-12)9-11-2-5-15-6-3-11/h2-3,5-6,10H,1,4,7-9H2,(H,19,20). The maximum absolute atomic E-state index is 11.4. The fourth-order valence-corrected chi connectivity index (χ4v) is 2.55. The van der Waals surface area contributed by atoms with Gasteiger partial charge in [-0.3, -0.25) is 4.98 Å². The summed E-state index contributed by atoms with van der Waals surface area (Å²) in [7, 11) is 0. The van der Waals surface area contributed by atoms with Crippen molar-refractivity contribution in [1.82, 2.24) is 20.0 Å². The number of aliphatic carboxylic acids is 1. The average molecular weight is 288 g/mol. The molecular formula is C14H16N4O3. The first-order valence-corrected chi connectivity index (χ1v) is 6.83. The Morgan fingerprint density at radius 1 is 1.43 bits per heavy atom. The molecule has 1 aliphatic rings. The van der Waals surface area contributed by atoms with E-state index >= 15 is 0 Å². The van der Waals surface area contributed by atoms with Crippen LogP contribution in [0.1, 0.15) is 24.1 Å². The fraction of sp³-hybridized carbons (Fsp3) is 0.429. The smallest absolute Gasteiger partial charge is 0.336 e. The highest BCUT2D eigenvalue weighted by molar-refractivity contribution is 5.78. The second kappa shape index (κ2) is 5.61. The van der Waals surface area contributed by atoms with E-state index in [1.165, 1.54) is 0 Å². The van der Waals surface area contributed by atoms with E-state index in [1.54, 1.807) is 23.3 Å². The van der Waals surface area contributed by atoms with Gasteiger partial charge in [-0.05, 0) is 30.5 Å². The largest absolute Gasteiger partial charge is 0.479 e. The van der Waals surface area contributed by atoms with Crippen molar-refractivity contribution in [2.45, 2.75) is 31.4 Å². The lowest BCUT2D eigenvalue weighted by atomic mass is 9.95. The Morgan fingerprint density at radius 2 is 2.24 bits per heavy atom. The SMILES string of the molecule is O=C(O)C1(Cc2cn(Cc3ccncc3)nn2)CCCO1. The van der Waals surface area contributed by atoms with Crippen LogP contribution >= 0.6 is 0 Å². The van der Waals surface area contributed by atoms with Gasteiger partial charge in [0, 0.05) is 31.6 Å². The molecule has 1 N–H and O–H groups in total. The monoisotopic (exact) mass is 288 g/mol. The maximum Gasteiger partial charge on any atom is 0.336 e. The molecule has 0 amide bonds. The van der Waals surface area contributed by atoms with E-state index in [-0.39, 0.29) is 6.42 Å². The summed E-state index contributed by atoms with van der Waals surface area (Å²) in [6, 6.07) is 3.81. The molecule has 1 atom stereocenters. The summed E-state index contributed by atoms with van der Waals surface area (Å²) in [5.41, 5.74) is 0.553. The van der Waals surface area contributed by atoms with Gasteiger partial charge in [-0.2, -0.15) is 0 Å². The lowest BCUT2D eigenvalue weighted by Gasteiger charge is -2.21. The number of hydrogen-bond donors (Lipinski definition) is 1. The Hall–Kier alpha value is -2.28. The predicted octanol–water partition coefficient (Wildman–Crippen LogP) is 0.898. The summed E-state index contributed by atoms with van der Waals surface area (Å²) >= 11 is 0. The van der Waals surface area contributed by atoms with Crippen LogP contribution in [0.15, 0.2) is 30.7 Å². The highest BCUT2D eigenvalue weighted by atomic mass is 16.5. The van der Waals surface area contributed by atoms with Crippen molar-refractivity contribution in [2.75, 3.05) is 6.61 Å². The van der Waals surface area contributed by atoms with Crippen LogP contribution < -0.4 is 0 Å². The van der Waals surface area contributed by atoms with Crippen molar-refractivity contribution in [2.24, 2.45) is 0 Å². The Labute approximate surface area is 121 Å². The van der Waals surface area contributed by atoms with Gasteiger partial charge < -0.3 is 9.84 Å². The quantitative estimate of drug-likeness (QED) is 0.879. The van der Waals surface area contributed by atoms with Crippen molar-refractivity contribution in [3.8, 4) is 0 Å². The van der Waals surface area contributed by atoms with E-state index in [9.17, 15) is 9.90 Å². The summed E-state index contributed by atoms with van der Waals surface area (Å²) in [4.78, 5) is 15.4. The molecule has 7 heteroatoms. The number of ether oxygens (including phenoxy) is 1. The summed E-state index contributed by atoms with van der Waals surface area (Å²) in [5.74, 6) is -0.927. The van der Waals surface area contributed by atoms with Crippen molar-refractivity contribution in [3.63, 3.8) is 0 Å². The van der Waals surface area contributed by atoms with E-state index in [0.29, 0.717) is 25.3 Å². The highest BCUT2D eigenvalue weighted by Crippen LogP contribution is 2.29. The molecule has 1 saturated heterocycles. The molecule has 1 aliphatic heterocycles. The number of hydrogen-bond acceptors (Lipinski definition) is 5. The molecule has 21 heavy (non-hydrogen) atoms. The minimum absolute atomic E-state index is 0.249. The molecule has 2 aromatic rings. The first-order chi connectivity index (χ1) is 10.2. The Bertz CT molecular complexity index is 620. The van der Waals surface area contributed by atoms with Gasteiger partial charge in [0.05, 0.1) is 12.2 Å². The zero-order valence-electron chi connectivity index (χ0n) is 11.5. The van der Waals surface area contributed by atoms with Crippen molar-refractivity contribution in [3.05, 3.63) is 42.0 Å². The second-order valence-electron chi connectivity index (χ2n) is 5.19. The minimum Gasteiger partial charge on any atom is -0.479 e. The van der Waals surface area contributed by atoms with Crippen LogP contribution in [0.4, 0.5) is 0 Å². The van der Waals surface area contributed by atoms with Crippen LogP contribution in [-0.2, 0) is 22.5 Å². The van der Waals surface area contributed by atoms with Gasteiger partial charge in [0.25, 0.3) is 0 Å². The maximum atomic E-state index is 11.4. The third-order valence-electron chi connectivity index (χ3n) is 3.64. The Kier molecular flexibility index (Phi) is 3.66. The molecule has 0 aromatic carbocycles. The highest BCUT2D eigenvalue weighted by Gasteiger charge is 2.43. The molecule has 0 radical (unpaired) electrons. The molecule has 0 spiro atoms. The van der Waals surface area contributed by atoms with Crippen molar-refractivity contribution >= 4 is 5.97 Å². The summed E-state index contributed by atoms with van der Waals surface area (Å²) < 4.78 is 7.14. The third-order valence-corrected chi connectivity index (χ3v) is 3.64.